The normalized spacial score (nSPS) is 35.6. The van der Waals surface area contributed by atoms with Crippen molar-refractivity contribution in [2.24, 2.45) is 5.92 Å². The summed E-state index contributed by atoms with van der Waals surface area (Å²) in [5, 5.41) is 11.4. The summed E-state index contributed by atoms with van der Waals surface area (Å²) in [6, 6.07) is 0. The van der Waals surface area contributed by atoms with Gasteiger partial charge in [0.05, 0.1) is 6.10 Å². The molecule has 0 radical (unpaired) electrons. The molecule has 88 valence electrons. The minimum Gasteiger partial charge on any atom is -0.392 e. The van der Waals surface area contributed by atoms with E-state index in [0.717, 1.165) is 12.3 Å². The molecule has 0 spiro atoms. The highest BCUT2D eigenvalue weighted by Gasteiger charge is 2.31. The topological polar surface area (TPSA) is 20.2 Å². The van der Waals surface area contributed by atoms with Crippen LogP contribution in [0, 0.1) is 5.92 Å². The summed E-state index contributed by atoms with van der Waals surface area (Å²) in [6.45, 7) is 2.28. The molecule has 0 aromatic heterocycles. The van der Waals surface area contributed by atoms with E-state index in [1.807, 2.05) is 23.5 Å². The van der Waals surface area contributed by atoms with Crippen molar-refractivity contribution in [3.05, 3.63) is 0 Å². The summed E-state index contributed by atoms with van der Waals surface area (Å²) in [7, 11) is 0. The lowest BCUT2D eigenvalue weighted by molar-refractivity contribution is 0.140. The Morgan fingerprint density at radius 2 is 1.87 bits per heavy atom. The molecule has 0 bridgehead atoms. The molecule has 2 rings (SSSR count). The average molecular weight is 246 g/mol. The van der Waals surface area contributed by atoms with E-state index in [-0.39, 0.29) is 6.10 Å². The van der Waals surface area contributed by atoms with Gasteiger partial charge < -0.3 is 5.11 Å². The molecule has 1 aliphatic carbocycles. The van der Waals surface area contributed by atoms with Gasteiger partial charge >= 0.3 is 0 Å². The summed E-state index contributed by atoms with van der Waals surface area (Å²) >= 11 is 4.02. The van der Waals surface area contributed by atoms with Gasteiger partial charge in [-0.2, -0.15) is 23.5 Å². The van der Waals surface area contributed by atoms with Gasteiger partial charge in [0.1, 0.15) is 0 Å². The van der Waals surface area contributed by atoms with Crippen LogP contribution in [0.4, 0.5) is 0 Å². The Balaban J connectivity index is 1.80. The molecule has 0 aromatic rings. The first kappa shape index (κ1) is 12.1. The fourth-order valence-electron chi connectivity index (χ4n) is 2.79. The van der Waals surface area contributed by atoms with Crippen LogP contribution in [0.5, 0.6) is 0 Å². The summed E-state index contributed by atoms with van der Waals surface area (Å²) in [6.07, 6.45) is 6.49. The minimum absolute atomic E-state index is 0.0547. The zero-order chi connectivity index (χ0) is 10.7. The maximum atomic E-state index is 10.3. The molecule has 1 N–H and O–H groups in total. The molecule has 1 aliphatic heterocycles. The summed E-state index contributed by atoms with van der Waals surface area (Å²) in [5.41, 5.74) is 0. The number of aliphatic hydroxyl groups is 1. The zero-order valence-corrected chi connectivity index (χ0v) is 11.2. The van der Waals surface area contributed by atoms with Crippen LogP contribution in [0.25, 0.3) is 0 Å². The molecule has 0 aromatic carbocycles. The van der Waals surface area contributed by atoms with Crippen LogP contribution in [0.3, 0.4) is 0 Å². The maximum absolute atomic E-state index is 10.3. The van der Waals surface area contributed by atoms with Crippen molar-refractivity contribution in [3.8, 4) is 0 Å². The maximum Gasteiger partial charge on any atom is 0.0672 e. The molecular weight excluding hydrogens is 224 g/mol. The number of thioether (sulfide) groups is 2. The Hall–Kier alpha value is 0.660. The second-order valence-electron chi connectivity index (χ2n) is 4.86. The minimum atomic E-state index is -0.0547. The van der Waals surface area contributed by atoms with Gasteiger partial charge in [0.15, 0.2) is 0 Å². The fraction of sp³-hybridized carbons (Fsp3) is 1.00. The van der Waals surface area contributed by atoms with Crippen molar-refractivity contribution in [2.75, 3.05) is 11.5 Å². The van der Waals surface area contributed by atoms with Crippen molar-refractivity contribution in [1.29, 1.82) is 0 Å². The standard InChI is InChI=1S/C12H22OS2/c1-9-12(15-7-6-14-9)11(13)8-10-4-2-3-5-10/h9-13H,2-8H2,1H3. The van der Waals surface area contributed by atoms with Crippen molar-refractivity contribution in [2.45, 2.75) is 55.6 Å². The molecule has 2 aliphatic rings. The van der Waals surface area contributed by atoms with Crippen LogP contribution >= 0.6 is 23.5 Å². The molecule has 3 atom stereocenters. The number of rotatable bonds is 3. The predicted molar refractivity (Wildman–Crippen MR) is 70.7 cm³/mol. The number of hydrogen-bond donors (Lipinski definition) is 1. The first-order valence-electron chi connectivity index (χ1n) is 6.18. The molecule has 3 unspecified atom stereocenters. The summed E-state index contributed by atoms with van der Waals surface area (Å²) in [5.74, 6) is 3.31. The molecule has 1 heterocycles. The second-order valence-corrected chi connectivity index (χ2v) is 7.64. The van der Waals surface area contributed by atoms with Gasteiger partial charge in [0.25, 0.3) is 0 Å². The molecule has 3 heteroatoms. The highest BCUT2D eigenvalue weighted by Crippen LogP contribution is 2.37. The quantitative estimate of drug-likeness (QED) is 0.826. The van der Waals surface area contributed by atoms with Gasteiger partial charge in [0.2, 0.25) is 0 Å². The van der Waals surface area contributed by atoms with E-state index in [1.165, 1.54) is 37.2 Å². The third kappa shape index (κ3) is 3.31. The molecule has 2 fully saturated rings. The van der Waals surface area contributed by atoms with E-state index in [4.69, 9.17) is 0 Å². The zero-order valence-electron chi connectivity index (χ0n) is 9.52. The Kier molecular flexibility index (Phi) is 4.71. The fourth-order valence-corrected chi connectivity index (χ4v) is 5.65. The van der Waals surface area contributed by atoms with Gasteiger partial charge in [-0.1, -0.05) is 32.6 Å². The lowest BCUT2D eigenvalue weighted by Crippen LogP contribution is -2.35. The third-order valence-electron chi connectivity index (χ3n) is 3.67. The van der Waals surface area contributed by atoms with Gasteiger partial charge in [-0.05, 0) is 12.3 Å². The van der Waals surface area contributed by atoms with Gasteiger partial charge in [-0.25, -0.2) is 0 Å². The van der Waals surface area contributed by atoms with Crippen LogP contribution < -0.4 is 0 Å². The molecule has 1 nitrogen and oxygen atoms in total. The van der Waals surface area contributed by atoms with Crippen LogP contribution in [-0.2, 0) is 0 Å². The van der Waals surface area contributed by atoms with E-state index in [2.05, 4.69) is 6.92 Å². The Labute approximate surface area is 102 Å². The van der Waals surface area contributed by atoms with Crippen LogP contribution in [0.15, 0.2) is 0 Å². The predicted octanol–water partition coefficient (Wildman–Crippen LogP) is 3.16. The molecule has 1 saturated carbocycles. The van der Waals surface area contributed by atoms with E-state index in [9.17, 15) is 5.11 Å². The van der Waals surface area contributed by atoms with Crippen molar-refractivity contribution in [3.63, 3.8) is 0 Å². The third-order valence-corrected chi connectivity index (χ3v) is 6.90. The van der Waals surface area contributed by atoms with Gasteiger partial charge in [0, 0.05) is 22.0 Å². The second kappa shape index (κ2) is 5.83. The lowest BCUT2D eigenvalue weighted by Gasteiger charge is -2.32. The van der Waals surface area contributed by atoms with E-state index < -0.39 is 0 Å². The number of hydrogen-bond acceptors (Lipinski definition) is 3. The molecule has 15 heavy (non-hydrogen) atoms. The summed E-state index contributed by atoms with van der Waals surface area (Å²) in [4.78, 5) is 0. The Morgan fingerprint density at radius 1 is 1.20 bits per heavy atom. The van der Waals surface area contributed by atoms with Gasteiger partial charge in [-0.3, -0.25) is 0 Å². The molecular formula is C12H22OS2. The van der Waals surface area contributed by atoms with Gasteiger partial charge in [-0.15, -0.1) is 0 Å². The van der Waals surface area contributed by atoms with Crippen molar-refractivity contribution >= 4 is 23.5 Å². The highest BCUT2D eigenvalue weighted by molar-refractivity contribution is 8.07. The van der Waals surface area contributed by atoms with Crippen molar-refractivity contribution in [1.82, 2.24) is 0 Å². The van der Waals surface area contributed by atoms with Crippen LogP contribution in [-0.4, -0.2) is 33.2 Å². The first-order valence-corrected chi connectivity index (χ1v) is 8.28. The SMILES string of the molecule is CC1SCCSC1C(O)CC1CCCC1. The van der Waals surface area contributed by atoms with Crippen molar-refractivity contribution < 1.29 is 5.11 Å². The largest absolute Gasteiger partial charge is 0.392 e. The van der Waals surface area contributed by atoms with E-state index in [0.29, 0.717) is 10.5 Å². The van der Waals surface area contributed by atoms with Crippen LogP contribution in [0.1, 0.15) is 39.0 Å². The van der Waals surface area contributed by atoms with E-state index in [1.54, 1.807) is 0 Å². The first-order chi connectivity index (χ1) is 7.27. The smallest absolute Gasteiger partial charge is 0.0672 e. The number of aliphatic hydroxyl groups excluding tert-OH is 1. The molecule has 1 saturated heterocycles. The van der Waals surface area contributed by atoms with E-state index >= 15 is 0 Å². The monoisotopic (exact) mass is 246 g/mol. The van der Waals surface area contributed by atoms with Crippen LogP contribution in [0.2, 0.25) is 0 Å². The lowest BCUT2D eigenvalue weighted by atomic mass is 9.97. The Bertz CT molecular complexity index is 192. The highest BCUT2D eigenvalue weighted by atomic mass is 32.2. The Morgan fingerprint density at radius 3 is 2.53 bits per heavy atom. The molecule has 0 amide bonds. The average Bonchev–Trinajstić information content (AvgIpc) is 2.71. The summed E-state index contributed by atoms with van der Waals surface area (Å²) < 4.78 is 0.